The predicted octanol–water partition coefficient (Wildman–Crippen LogP) is 1.90. The third-order valence-electron chi connectivity index (χ3n) is 3.86. The highest BCUT2D eigenvalue weighted by Gasteiger charge is 2.35. The van der Waals surface area contributed by atoms with Crippen molar-refractivity contribution in [3.8, 4) is 0 Å². The van der Waals surface area contributed by atoms with E-state index in [1.54, 1.807) is 0 Å². The van der Waals surface area contributed by atoms with Crippen molar-refractivity contribution >= 4 is 11.5 Å². The van der Waals surface area contributed by atoms with Crippen molar-refractivity contribution < 1.29 is 0 Å². The van der Waals surface area contributed by atoms with Crippen molar-refractivity contribution in [2.75, 3.05) is 23.7 Å². The van der Waals surface area contributed by atoms with Crippen LogP contribution in [0, 0.1) is 11.8 Å². The molecule has 2 atom stereocenters. The van der Waals surface area contributed by atoms with E-state index in [4.69, 9.17) is 5.73 Å². The fourth-order valence-electron chi connectivity index (χ4n) is 3.03. The van der Waals surface area contributed by atoms with Gasteiger partial charge >= 0.3 is 0 Å². The topological polar surface area (TPSA) is 42.1 Å². The summed E-state index contributed by atoms with van der Waals surface area (Å²) in [6, 6.07) is 3.98. The molecule has 1 aliphatic carbocycles. The fraction of sp³-hybridized carbons (Fsp3) is 0.583. The number of nitrogen functional groups attached to an aromatic ring is 1. The van der Waals surface area contributed by atoms with Crippen LogP contribution in [0.4, 0.5) is 11.5 Å². The molecular formula is C12H17N3. The number of anilines is 2. The molecule has 2 aliphatic rings. The van der Waals surface area contributed by atoms with E-state index in [0.717, 1.165) is 11.8 Å². The lowest BCUT2D eigenvalue weighted by molar-refractivity contribution is 0.494. The number of aromatic nitrogens is 1. The molecule has 1 saturated carbocycles. The Morgan fingerprint density at radius 3 is 2.53 bits per heavy atom. The van der Waals surface area contributed by atoms with E-state index in [1.165, 1.54) is 38.0 Å². The van der Waals surface area contributed by atoms with E-state index in [-0.39, 0.29) is 0 Å². The zero-order valence-corrected chi connectivity index (χ0v) is 8.89. The molecule has 2 fully saturated rings. The molecule has 1 aromatic heterocycles. The van der Waals surface area contributed by atoms with Gasteiger partial charge in [0.05, 0.1) is 11.9 Å². The fourth-order valence-corrected chi connectivity index (χ4v) is 3.03. The number of hydrogen-bond acceptors (Lipinski definition) is 3. The van der Waals surface area contributed by atoms with E-state index < -0.39 is 0 Å². The van der Waals surface area contributed by atoms with Crippen molar-refractivity contribution in [3.63, 3.8) is 0 Å². The molecule has 3 heteroatoms. The van der Waals surface area contributed by atoms with Crippen LogP contribution >= 0.6 is 0 Å². The molecule has 0 spiro atoms. The smallest absolute Gasteiger partial charge is 0.123 e. The van der Waals surface area contributed by atoms with E-state index in [2.05, 4.69) is 16.0 Å². The first-order valence-corrected chi connectivity index (χ1v) is 5.79. The average molecular weight is 203 g/mol. The van der Waals surface area contributed by atoms with Gasteiger partial charge in [-0.15, -0.1) is 0 Å². The first kappa shape index (κ1) is 9.01. The summed E-state index contributed by atoms with van der Waals surface area (Å²) in [5.74, 6) is 2.48. The highest BCUT2D eigenvalue weighted by molar-refractivity contribution is 5.49. The zero-order valence-electron chi connectivity index (χ0n) is 8.89. The van der Waals surface area contributed by atoms with Crippen molar-refractivity contribution in [2.24, 2.45) is 11.8 Å². The summed E-state index contributed by atoms with van der Waals surface area (Å²) >= 11 is 0. The Labute approximate surface area is 90.3 Å². The first-order valence-electron chi connectivity index (χ1n) is 5.79. The molecule has 1 aliphatic heterocycles. The molecule has 1 aromatic rings. The van der Waals surface area contributed by atoms with Gasteiger partial charge < -0.3 is 10.6 Å². The highest BCUT2D eigenvalue weighted by Crippen LogP contribution is 2.39. The lowest BCUT2D eigenvalue weighted by Crippen LogP contribution is -2.20. The summed E-state index contributed by atoms with van der Waals surface area (Å²) in [7, 11) is 0. The van der Waals surface area contributed by atoms with Crippen LogP contribution in [0.15, 0.2) is 18.3 Å². The number of fused-ring (bicyclic) bond motifs is 1. The van der Waals surface area contributed by atoms with Crippen LogP contribution in [0.25, 0.3) is 0 Å². The molecule has 1 saturated heterocycles. The van der Waals surface area contributed by atoms with Gasteiger partial charge in [0.1, 0.15) is 5.82 Å². The lowest BCUT2D eigenvalue weighted by Gasteiger charge is -2.18. The standard InChI is InChI=1S/C12H17N3/c13-12-5-4-11(6-14-12)15-7-9-2-1-3-10(9)8-15/h4-6,9-10H,1-3,7-8H2,(H2,13,14). The summed E-state index contributed by atoms with van der Waals surface area (Å²) in [5.41, 5.74) is 6.82. The molecule has 0 radical (unpaired) electrons. The number of hydrogen-bond donors (Lipinski definition) is 1. The van der Waals surface area contributed by atoms with Crippen molar-refractivity contribution in [1.82, 2.24) is 4.98 Å². The minimum atomic E-state index is 0.609. The molecule has 2 N–H and O–H groups in total. The van der Waals surface area contributed by atoms with E-state index in [0.29, 0.717) is 5.82 Å². The Hall–Kier alpha value is -1.25. The Balaban J connectivity index is 1.76. The maximum atomic E-state index is 5.59. The second-order valence-corrected chi connectivity index (χ2v) is 4.80. The largest absolute Gasteiger partial charge is 0.384 e. The first-order chi connectivity index (χ1) is 7.33. The van der Waals surface area contributed by atoms with Gasteiger partial charge in [-0.2, -0.15) is 0 Å². The Morgan fingerprint density at radius 2 is 1.93 bits per heavy atom. The van der Waals surface area contributed by atoms with Crippen LogP contribution in [-0.4, -0.2) is 18.1 Å². The third-order valence-corrected chi connectivity index (χ3v) is 3.86. The molecule has 80 valence electrons. The molecule has 0 bridgehead atoms. The number of pyridine rings is 1. The molecule has 2 unspecified atom stereocenters. The minimum absolute atomic E-state index is 0.609. The van der Waals surface area contributed by atoms with Crippen molar-refractivity contribution in [1.29, 1.82) is 0 Å². The molecule has 0 aromatic carbocycles. The number of rotatable bonds is 1. The number of nitrogens with two attached hydrogens (primary N) is 1. The Bertz CT molecular complexity index is 334. The van der Waals surface area contributed by atoms with Gasteiger partial charge in [0.25, 0.3) is 0 Å². The number of nitrogens with zero attached hydrogens (tertiary/aromatic N) is 2. The molecule has 0 amide bonds. The van der Waals surface area contributed by atoms with Gasteiger partial charge in [-0.05, 0) is 36.8 Å². The molecule has 15 heavy (non-hydrogen) atoms. The minimum Gasteiger partial charge on any atom is -0.384 e. The van der Waals surface area contributed by atoms with Gasteiger partial charge in [-0.1, -0.05) is 6.42 Å². The Kier molecular flexibility index (Phi) is 2.04. The van der Waals surface area contributed by atoms with Gasteiger partial charge in [0.2, 0.25) is 0 Å². The normalized spacial score (nSPS) is 29.5. The van der Waals surface area contributed by atoms with Gasteiger partial charge in [-0.3, -0.25) is 0 Å². The maximum Gasteiger partial charge on any atom is 0.123 e. The molecule has 3 rings (SSSR count). The van der Waals surface area contributed by atoms with Crippen LogP contribution < -0.4 is 10.6 Å². The van der Waals surface area contributed by atoms with Gasteiger partial charge in [0, 0.05) is 13.1 Å². The highest BCUT2D eigenvalue weighted by atomic mass is 15.2. The lowest BCUT2D eigenvalue weighted by atomic mass is 10.0. The van der Waals surface area contributed by atoms with E-state index >= 15 is 0 Å². The van der Waals surface area contributed by atoms with Gasteiger partial charge in [0.15, 0.2) is 0 Å². The van der Waals surface area contributed by atoms with Crippen LogP contribution in [0.2, 0.25) is 0 Å². The summed E-state index contributed by atoms with van der Waals surface area (Å²) < 4.78 is 0. The monoisotopic (exact) mass is 203 g/mol. The third kappa shape index (κ3) is 1.56. The summed E-state index contributed by atoms with van der Waals surface area (Å²) in [4.78, 5) is 6.61. The predicted molar refractivity (Wildman–Crippen MR) is 61.7 cm³/mol. The molecular weight excluding hydrogens is 186 g/mol. The molecule has 2 heterocycles. The zero-order chi connectivity index (χ0) is 10.3. The van der Waals surface area contributed by atoms with Crippen LogP contribution in [0.3, 0.4) is 0 Å². The Morgan fingerprint density at radius 1 is 1.20 bits per heavy atom. The second-order valence-electron chi connectivity index (χ2n) is 4.80. The van der Waals surface area contributed by atoms with Gasteiger partial charge in [-0.25, -0.2) is 4.98 Å². The second kappa shape index (κ2) is 3.40. The quantitative estimate of drug-likeness (QED) is 0.758. The van der Waals surface area contributed by atoms with Crippen LogP contribution in [-0.2, 0) is 0 Å². The van der Waals surface area contributed by atoms with Crippen LogP contribution in [0.5, 0.6) is 0 Å². The van der Waals surface area contributed by atoms with Crippen molar-refractivity contribution in [2.45, 2.75) is 19.3 Å². The SMILES string of the molecule is Nc1ccc(N2CC3CCCC3C2)cn1. The summed E-state index contributed by atoms with van der Waals surface area (Å²) in [5, 5.41) is 0. The maximum absolute atomic E-state index is 5.59. The van der Waals surface area contributed by atoms with E-state index in [9.17, 15) is 0 Å². The van der Waals surface area contributed by atoms with Crippen molar-refractivity contribution in [3.05, 3.63) is 18.3 Å². The van der Waals surface area contributed by atoms with Crippen LogP contribution in [0.1, 0.15) is 19.3 Å². The molecule has 3 nitrogen and oxygen atoms in total. The summed E-state index contributed by atoms with van der Waals surface area (Å²) in [6.07, 6.45) is 6.17. The average Bonchev–Trinajstić information content (AvgIpc) is 2.78. The van der Waals surface area contributed by atoms with E-state index in [1.807, 2.05) is 12.3 Å². The summed E-state index contributed by atoms with van der Waals surface area (Å²) in [6.45, 7) is 2.44.